The summed E-state index contributed by atoms with van der Waals surface area (Å²) in [7, 11) is 0. The minimum atomic E-state index is -0.123. The number of fused-ring (bicyclic) bond motifs is 5. The van der Waals surface area contributed by atoms with Crippen LogP contribution in [0.1, 0.15) is 24.3 Å². The average molecular weight is 317 g/mol. The summed E-state index contributed by atoms with van der Waals surface area (Å²) >= 11 is 0. The van der Waals surface area contributed by atoms with Crippen molar-refractivity contribution >= 4 is 17.5 Å². The lowest BCUT2D eigenvalue weighted by Gasteiger charge is -2.28. The molecule has 3 fully saturated rings. The normalized spacial score (nSPS) is 34.0. The molecule has 3 heteroatoms. The van der Waals surface area contributed by atoms with Crippen molar-refractivity contribution in [2.75, 3.05) is 4.90 Å². The molecule has 120 valence electrons. The maximum Gasteiger partial charge on any atom is 0.237 e. The highest BCUT2D eigenvalue weighted by Crippen LogP contribution is 2.61. The average Bonchev–Trinajstić information content (AvgIpc) is 3.28. The molecule has 1 heterocycles. The summed E-state index contributed by atoms with van der Waals surface area (Å²) in [5.74, 6) is 0.914. The summed E-state index contributed by atoms with van der Waals surface area (Å²) in [6.45, 7) is 0. The van der Waals surface area contributed by atoms with Gasteiger partial charge in [0.1, 0.15) is 0 Å². The van der Waals surface area contributed by atoms with E-state index in [1.807, 2.05) is 36.4 Å². The zero-order valence-corrected chi connectivity index (χ0v) is 13.3. The van der Waals surface area contributed by atoms with E-state index in [0.29, 0.717) is 17.8 Å². The Balaban J connectivity index is 1.50. The molecule has 0 radical (unpaired) electrons. The van der Waals surface area contributed by atoms with Gasteiger partial charge in [-0.25, -0.2) is 0 Å². The molecule has 0 N–H and O–H groups in total. The molecule has 0 unspecified atom stereocenters. The first-order valence-electron chi connectivity index (χ1n) is 8.73. The topological polar surface area (TPSA) is 37.4 Å². The summed E-state index contributed by atoms with van der Waals surface area (Å²) in [6.07, 6.45) is 2.06. The van der Waals surface area contributed by atoms with Crippen LogP contribution in [0.2, 0.25) is 0 Å². The maximum atomic E-state index is 13.1. The van der Waals surface area contributed by atoms with Gasteiger partial charge in [0.25, 0.3) is 0 Å². The van der Waals surface area contributed by atoms with Gasteiger partial charge in [-0.15, -0.1) is 0 Å². The number of rotatable bonds is 2. The van der Waals surface area contributed by atoms with E-state index in [4.69, 9.17) is 0 Å². The number of benzene rings is 2. The second-order valence-corrected chi connectivity index (χ2v) is 7.31. The Bertz CT molecular complexity index is 801. The number of carbonyl (C=O) groups excluding carboxylic acids is 2. The molecule has 2 aliphatic carbocycles. The van der Waals surface area contributed by atoms with Crippen molar-refractivity contribution in [1.29, 1.82) is 0 Å². The van der Waals surface area contributed by atoms with Crippen molar-refractivity contribution in [2.24, 2.45) is 23.7 Å². The number of nitrogens with zero attached hydrogens (tertiary/aromatic N) is 1. The fraction of sp³-hybridized carbons (Fsp3) is 0.333. The van der Waals surface area contributed by atoms with Crippen LogP contribution in [0, 0.1) is 23.7 Å². The van der Waals surface area contributed by atoms with Gasteiger partial charge < -0.3 is 0 Å². The molecule has 5 rings (SSSR count). The standard InChI is InChI=1S/C21H19NO2/c23-20-18-14-11-16(13-7-3-1-4-8-13)17(12-14)19(18)21(24)22(20)15-9-5-2-6-10-15/h1-10,14,16-19H,11-12H2/t14-,16+,17+,18+,19-/m0/s1. The van der Waals surface area contributed by atoms with Crippen LogP contribution in [0.25, 0.3) is 0 Å². The molecule has 2 saturated carbocycles. The molecule has 24 heavy (non-hydrogen) atoms. The van der Waals surface area contributed by atoms with Crippen molar-refractivity contribution in [3.05, 3.63) is 66.2 Å². The quantitative estimate of drug-likeness (QED) is 0.793. The van der Waals surface area contributed by atoms with E-state index in [9.17, 15) is 9.59 Å². The summed E-state index contributed by atoms with van der Waals surface area (Å²) in [5.41, 5.74) is 2.04. The fourth-order valence-corrected chi connectivity index (χ4v) is 5.37. The smallest absolute Gasteiger partial charge is 0.237 e. The molecule has 1 saturated heterocycles. The van der Waals surface area contributed by atoms with Crippen molar-refractivity contribution in [2.45, 2.75) is 18.8 Å². The summed E-state index contributed by atoms with van der Waals surface area (Å²) in [4.78, 5) is 27.5. The second-order valence-electron chi connectivity index (χ2n) is 7.31. The molecule has 2 bridgehead atoms. The Kier molecular flexibility index (Phi) is 2.93. The Labute approximate surface area is 141 Å². The van der Waals surface area contributed by atoms with E-state index in [1.54, 1.807) is 0 Å². The summed E-state index contributed by atoms with van der Waals surface area (Å²) in [6, 6.07) is 19.9. The van der Waals surface area contributed by atoms with E-state index in [0.717, 1.165) is 18.5 Å². The van der Waals surface area contributed by atoms with Crippen LogP contribution >= 0.6 is 0 Å². The zero-order valence-electron chi connectivity index (χ0n) is 13.3. The van der Waals surface area contributed by atoms with Crippen LogP contribution in [0.3, 0.4) is 0 Å². The van der Waals surface area contributed by atoms with Gasteiger partial charge in [-0.1, -0.05) is 48.5 Å². The number of imide groups is 1. The zero-order chi connectivity index (χ0) is 16.3. The molecule has 2 aromatic carbocycles. The third-order valence-corrected chi connectivity index (χ3v) is 6.26. The highest BCUT2D eigenvalue weighted by molar-refractivity contribution is 6.22. The Morgan fingerprint density at radius 3 is 2.08 bits per heavy atom. The van der Waals surface area contributed by atoms with Crippen molar-refractivity contribution in [3.63, 3.8) is 0 Å². The van der Waals surface area contributed by atoms with Crippen molar-refractivity contribution < 1.29 is 9.59 Å². The molecule has 2 amide bonds. The van der Waals surface area contributed by atoms with Crippen molar-refractivity contribution in [3.8, 4) is 0 Å². The van der Waals surface area contributed by atoms with E-state index in [1.165, 1.54) is 10.5 Å². The lowest BCUT2D eigenvalue weighted by Crippen LogP contribution is -2.32. The molecule has 0 spiro atoms. The first-order valence-corrected chi connectivity index (χ1v) is 8.73. The van der Waals surface area contributed by atoms with Gasteiger partial charge in [0.05, 0.1) is 17.5 Å². The molecule has 3 nitrogen and oxygen atoms in total. The van der Waals surface area contributed by atoms with Gasteiger partial charge in [-0.05, 0) is 48.3 Å². The van der Waals surface area contributed by atoms with Crippen molar-refractivity contribution in [1.82, 2.24) is 0 Å². The van der Waals surface area contributed by atoms with E-state index in [-0.39, 0.29) is 23.7 Å². The number of hydrogen-bond acceptors (Lipinski definition) is 2. The second kappa shape index (κ2) is 5.04. The van der Waals surface area contributed by atoms with E-state index < -0.39 is 0 Å². The number of amides is 2. The molecule has 0 aromatic heterocycles. The predicted octanol–water partition coefficient (Wildman–Crippen LogP) is 3.62. The largest absolute Gasteiger partial charge is 0.274 e. The first-order chi connectivity index (χ1) is 11.8. The first kappa shape index (κ1) is 14.0. The monoisotopic (exact) mass is 317 g/mol. The lowest BCUT2D eigenvalue weighted by molar-refractivity contribution is -0.123. The fourth-order valence-electron chi connectivity index (χ4n) is 5.37. The molecular weight excluding hydrogens is 298 g/mol. The van der Waals surface area contributed by atoms with Gasteiger partial charge in [-0.2, -0.15) is 0 Å². The molecule has 2 aromatic rings. The molecular formula is C21H19NO2. The van der Waals surface area contributed by atoms with Gasteiger partial charge in [-0.3, -0.25) is 14.5 Å². The van der Waals surface area contributed by atoms with Crippen LogP contribution in [0.4, 0.5) is 5.69 Å². The number of carbonyl (C=O) groups is 2. The van der Waals surface area contributed by atoms with Gasteiger partial charge in [0.2, 0.25) is 11.8 Å². The highest BCUT2D eigenvalue weighted by Gasteiger charge is 2.64. The molecule has 3 aliphatic rings. The minimum Gasteiger partial charge on any atom is -0.274 e. The van der Waals surface area contributed by atoms with Gasteiger partial charge in [0, 0.05) is 0 Å². The maximum absolute atomic E-state index is 13.1. The summed E-state index contributed by atoms with van der Waals surface area (Å²) in [5, 5.41) is 0. The van der Waals surface area contributed by atoms with Gasteiger partial charge in [0.15, 0.2) is 0 Å². The third-order valence-electron chi connectivity index (χ3n) is 6.26. The van der Waals surface area contributed by atoms with Gasteiger partial charge >= 0.3 is 0 Å². The summed E-state index contributed by atoms with van der Waals surface area (Å²) < 4.78 is 0. The number of anilines is 1. The third kappa shape index (κ3) is 1.78. The molecule has 1 aliphatic heterocycles. The molecule has 5 atom stereocenters. The number of para-hydroxylation sites is 1. The van der Waals surface area contributed by atoms with E-state index in [2.05, 4.69) is 24.3 Å². The number of hydrogen-bond donors (Lipinski definition) is 0. The van der Waals surface area contributed by atoms with Crippen LogP contribution < -0.4 is 4.90 Å². The van der Waals surface area contributed by atoms with Crippen LogP contribution in [-0.2, 0) is 9.59 Å². The Morgan fingerprint density at radius 2 is 1.38 bits per heavy atom. The van der Waals surface area contributed by atoms with Crippen LogP contribution in [0.5, 0.6) is 0 Å². The Hall–Kier alpha value is -2.42. The SMILES string of the molecule is O=C1[C@@H]2[C@@H]3C[C@@H]([C@@H]2C(=O)N1c1ccccc1)[C@@H](c1ccccc1)C3. The highest BCUT2D eigenvalue weighted by atomic mass is 16.2. The van der Waals surface area contributed by atoms with E-state index >= 15 is 0 Å². The van der Waals surface area contributed by atoms with Crippen LogP contribution in [0.15, 0.2) is 60.7 Å². The lowest BCUT2D eigenvalue weighted by atomic mass is 9.73. The minimum absolute atomic E-state index is 0.0179. The Morgan fingerprint density at radius 1 is 0.750 bits per heavy atom. The van der Waals surface area contributed by atoms with Crippen LogP contribution in [-0.4, -0.2) is 11.8 Å². The predicted molar refractivity (Wildman–Crippen MR) is 91.3 cm³/mol.